The Hall–Kier alpha value is -2.93. The lowest BCUT2D eigenvalue weighted by molar-refractivity contribution is 0.102. The number of anilines is 1. The molecule has 0 fully saturated rings. The molecule has 0 aliphatic heterocycles. The van der Waals surface area contributed by atoms with Gasteiger partial charge in [-0.05, 0) is 43.7 Å². The maximum absolute atomic E-state index is 12.6. The van der Waals surface area contributed by atoms with E-state index in [9.17, 15) is 13.2 Å². The number of amides is 1. The summed E-state index contributed by atoms with van der Waals surface area (Å²) in [5.41, 5.74) is 4.25. The van der Waals surface area contributed by atoms with E-state index in [0.29, 0.717) is 16.8 Å². The molecule has 0 atom stereocenters. The lowest BCUT2D eigenvalue weighted by Gasteiger charge is -2.08. The van der Waals surface area contributed by atoms with Crippen molar-refractivity contribution in [2.45, 2.75) is 19.6 Å². The predicted molar refractivity (Wildman–Crippen MR) is 106 cm³/mol. The van der Waals surface area contributed by atoms with Gasteiger partial charge in [-0.15, -0.1) is 0 Å². The van der Waals surface area contributed by atoms with Crippen molar-refractivity contribution in [1.82, 2.24) is 9.78 Å². The highest BCUT2D eigenvalue weighted by molar-refractivity contribution is 7.89. The van der Waals surface area contributed by atoms with Crippen molar-refractivity contribution >= 4 is 21.4 Å². The van der Waals surface area contributed by atoms with E-state index in [-0.39, 0.29) is 11.7 Å². The molecule has 140 valence electrons. The van der Waals surface area contributed by atoms with Crippen molar-refractivity contribution in [3.63, 3.8) is 0 Å². The van der Waals surface area contributed by atoms with E-state index in [2.05, 4.69) is 10.4 Å². The van der Waals surface area contributed by atoms with Gasteiger partial charge in [0.05, 0.1) is 28.5 Å². The first-order valence-corrected chi connectivity index (χ1v) is 10.5. The lowest BCUT2D eigenvalue weighted by atomic mass is 10.1. The van der Waals surface area contributed by atoms with E-state index in [1.807, 2.05) is 44.2 Å². The van der Waals surface area contributed by atoms with E-state index in [1.165, 1.54) is 6.26 Å². The van der Waals surface area contributed by atoms with Gasteiger partial charge in [0.25, 0.3) is 5.91 Å². The van der Waals surface area contributed by atoms with E-state index in [0.717, 1.165) is 17.1 Å². The molecule has 0 aliphatic carbocycles. The third-order valence-corrected chi connectivity index (χ3v) is 5.03. The molecule has 1 heterocycles. The summed E-state index contributed by atoms with van der Waals surface area (Å²) in [6.07, 6.45) is 1.18. The average Bonchev–Trinajstić information content (AvgIpc) is 2.90. The van der Waals surface area contributed by atoms with Gasteiger partial charge in [-0.2, -0.15) is 5.10 Å². The number of aryl methyl sites for hydroxylation is 1. The summed E-state index contributed by atoms with van der Waals surface area (Å²) in [5.74, 6) is -0.309. The molecule has 0 spiro atoms. The molecule has 7 heteroatoms. The van der Waals surface area contributed by atoms with Crippen LogP contribution in [0, 0.1) is 13.8 Å². The Morgan fingerprint density at radius 3 is 2.26 bits per heavy atom. The Bertz CT molecular complexity index is 1070. The summed E-state index contributed by atoms with van der Waals surface area (Å²) in [6, 6.07) is 16.3. The smallest absolute Gasteiger partial charge is 0.255 e. The van der Waals surface area contributed by atoms with Crippen LogP contribution in [-0.4, -0.2) is 30.4 Å². The van der Waals surface area contributed by atoms with Gasteiger partial charge < -0.3 is 5.32 Å². The number of benzene rings is 2. The molecule has 1 N–H and O–H groups in total. The van der Waals surface area contributed by atoms with Crippen LogP contribution in [0.2, 0.25) is 0 Å². The second kappa shape index (κ2) is 7.36. The Morgan fingerprint density at radius 1 is 1.04 bits per heavy atom. The van der Waals surface area contributed by atoms with Crippen molar-refractivity contribution in [2.75, 3.05) is 11.6 Å². The molecular formula is C20H21N3O3S. The second-order valence-electron chi connectivity index (χ2n) is 6.51. The van der Waals surface area contributed by atoms with E-state index in [4.69, 9.17) is 0 Å². The molecule has 27 heavy (non-hydrogen) atoms. The standard InChI is InChI=1S/C20H21N3O3S/c1-14-19(15(2)23(22-14)18-7-5-4-6-8-18)21-20(24)17-11-9-16(10-12-17)13-27(3,25)26/h4-12H,13H2,1-3H3,(H,21,24). The van der Waals surface area contributed by atoms with E-state index >= 15 is 0 Å². The first kappa shape index (κ1) is 18.8. The molecule has 0 unspecified atom stereocenters. The SMILES string of the molecule is Cc1nn(-c2ccccc2)c(C)c1NC(=O)c1ccc(CS(C)(=O)=O)cc1. The van der Waals surface area contributed by atoms with Crippen LogP contribution in [-0.2, 0) is 15.6 Å². The predicted octanol–water partition coefficient (Wildman–Crippen LogP) is 3.29. The number of rotatable bonds is 5. The second-order valence-corrected chi connectivity index (χ2v) is 8.65. The zero-order valence-corrected chi connectivity index (χ0v) is 16.2. The maximum atomic E-state index is 12.6. The summed E-state index contributed by atoms with van der Waals surface area (Å²) in [4.78, 5) is 12.6. The molecule has 2 aromatic carbocycles. The van der Waals surface area contributed by atoms with Crippen LogP contribution in [0.25, 0.3) is 5.69 Å². The summed E-state index contributed by atoms with van der Waals surface area (Å²) >= 11 is 0. The highest BCUT2D eigenvalue weighted by Gasteiger charge is 2.16. The van der Waals surface area contributed by atoms with Gasteiger partial charge in [0.1, 0.15) is 0 Å². The fourth-order valence-corrected chi connectivity index (χ4v) is 3.68. The number of hydrogen-bond acceptors (Lipinski definition) is 4. The van der Waals surface area contributed by atoms with Crippen molar-refractivity contribution in [3.8, 4) is 5.69 Å². The number of sulfone groups is 1. The number of nitrogens with zero attached hydrogens (tertiary/aromatic N) is 2. The van der Waals surface area contributed by atoms with Crippen molar-refractivity contribution in [3.05, 3.63) is 77.1 Å². The van der Waals surface area contributed by atoms with Gasteiger partial charge >= 0.3 is 0 Å². The normalized spacial score (nSPS) is 11.4. The summed E-state index contributed by atoms with van der Waals surface area (Å²) in [7, 11) is -3.11. The fourth-order valence-electron chi connectivity index (χ4n) is 2.88. The Labute approximate surface area is 158 Å². The first-order chi connectivity index (χ1) is 12.7. The lowest BCUT2D eigenvalue weighted by Crippen LogP contribution is -2.13. The van der Waals surface area contributed by atoms with E-state index in [1.54, 1.807) is 28.9 Å². The zero-order chi connectivity index (χ0) is 19.6. The Morgan fingerprint density at radius 2 is 1.67 bits per heavy atom. The van der Waals surface area contributed by atoms with Crippen LogP contribution in [0.5, 0.6) is 0 Å². The fraction of sp³-hybridized carbons (Fsp3) is 0.200. The van der Waals surface area contributed by atoms with Crippen molar-refractivity contribution in [2.24, 2.45) is 0 Å². The molecule has 0 saturated carbocycles. The highest BCUT2D eigenvalue weighted by Crippen LogP contribution is 2.23. The van der Waals surface area contributed by atoms with Gasteiger partial charge in [-0.3, -0.25) is 4.79 Å². The summed E-state index contributed by atoms with van der Waals surface area (Å²) < 4.78 is 24.5. The number of para-hydroxylation sites is 1. The van der Waals surface area contributed by atoms with Crippen LogP contribution >= 0.6 is 0 Å². The number of aromatic nitrogens is 2. The molecule has 0 saturated heterocycles. The van der Waals surface area contributed by atoms with Gasteiger partial charge in [-0.1, -0.05) is 30.3 Å². The minimum Gasteiger partial charge on any atom is -0.319 e. The number of hydrogen-bond donors (Lipinski definition) is 1. The third kappa shape index (κ3) is 4.43. The molecule has 0 bridgehead atoms. The molecular weight excluding hydrogens is 362 g/mol. The number of carbonyl (C=O) groups excluding carboxylic acids is 1. The maximum Gasteiger partial charge on any atom is 0.255 e. The molecule has 1 amide bonds. The number of carbonyl (C=O) groups is 1. The van der Waals surface area contributed by atoms with Gasteiger partial charge in [0.15, 0.2) is 9.84 Å². The zero-order valence-electron chi connectivity index (χ0n) is 15.4. The molecule has 6 nitrogen and oxygen atoms in total. The largest absolute Gasteiger partial charge is 0.319 e. The van der Waals surface area contributed by atoms with Crippen molar-refractivity contribution < 1.29 is 13.2 Å². The van der Waals surface area contributed by atoms with Crippen molar-refractivity contribution in [1.29, 1.82) is 0 Å². The molecule has 3 rings (SSSR count). The van der Waals surface area contributed by atoms with Crippen LogP contribution in [0.4, 0.5) is 5.69 Å². The van der Waals surface area contributed by atoms with Gasteiger partial charge in [0.2, 0.25) is 0 Å². The van der Waals surface area contributed by atoms with Gasteiger partial charge in [-0.25, -0.2) is 13.1 Å². The Kier molecular flexibility index (Phi) is 5.14. The monoisotopic (exact) mass is 383 g/mol. The Balaban J connectivity index is 1.81. The topological polar surface area (TPSA) is 81.1 Å². The van der Waals surface area contributed by atoms with Crippen LogP contribution < -0.4 is 5.32 Å². The molecule has 0 radical (unpaired) electrons. The minimum atomic E-state index is -3.11. The quantitative estimate of drug-likeness (QED) is 0.733. The van der Waals surface area contributed by atoms with E-state index < -0.39 is 9.84 Å². The average molecular weight is 383 g/mol. The highest BCUT2D eigenvalue weighted by atomic mass is 32.2. The van der Waals surface area contributed by atoms with Gasteiger partial charge in [0, 0.05) is 11.8 Å². The van der Waals surface area contributed by atoms with Crippen LogP contribution in [0.1, 0.15) is 27.3 Å². The first-order valence-electron chi connectivity index (χ1n) is 8.44. The molecule has 0 aliphatic rings. The van der Waals surface area contributed by atoms with Crippen LogP contribution in [0.15, 0.2) is 54.6 Å². The van der Waals surface area contributed by atoms with Crippen LogP contribution in [0.3, 0.4) is 0 Å². The number of nitrogens with one attached hydrogen (secondary N) is 1. The molecule has 1 aromatic heterocycles. The third-order valence-electron chi connectivity index (χ3n) is 4.18. The molecule has 3 aromatic rings. The summed E-state index contributed by atoms with van der Waals surface area (Å²) in [5, 5.41) is 7.43. The minimum absolute atomic E-state index is 0.0447. The summed E-state index contributed by atoms with van der Waals surface area (Å²) in [6.45, 7) is 3.75.